The minimum absolute atomic E-state index is 0.0974. The van der Waals surface area contributed by atoms with Gasteiger partial charge in [0.15, 0.2) is 0 Å². The van der Waals surface area contributed by atoms with Crippen LogP contribution in [0.2, 0.25) is 0 Å². The van der Waals surface area contributed by atoms with E-state index in [1.54, 1.807) is 48.5 Å². The van der Waals surface area contributed by atoms with Crippen molar-refractivity contribution in [3.8, 4) is 0 Å². The molecule has 0 aliphatic carbocycles. The van der Waals surface area contributed by atoms with Gasteiger partial charge in [0, 0.05) is 0 Å². The van der Waals surface area contributed by atoms with E-state index in [4.69, 9.17) is 0 Å². The van der Waals surface area contributed by atoms with Crippen LogP contribution >= 0.6 is 0 Å². The summed E-state index contributed by atoms with van der Waals surface area (Å²) in [6, 6.07) is 0. The zero-order valence-electron chi connectivity index (χ0n) is 19.7. The summed E-state index contributed by atoms with van der Waals surface area (Å²) in [6.45, 7) is 14.4. The fourth-order valence-electron chi connectivity index (χ4n) is 5.77. The summed E-state index contributed by atoms with van der Waals surface area (Å²) in [5, 5.41) is 0. The molecule has 0 aliphatic rings. The van der Waals surface area contributed by atoms with Gasteiger partial charge in [-0.15, -0.1) is 0 Å². The van der Waals surface area contributed by atoms with Crippen LogP contribution < -0.4 is 0 Å². The fourth-order valence-corrected chi connectivity index (χ4v) is 5.77. The van der Waals surface area contributed by atoms with E-state index in [2.05, 4.69) is 0 Å². The predicted octanol–water partition coefficient (Wildman–Crippen LogP) is 9.44. The van der Waals surface area contributed by atoms with Crippen LogP contribution in [-0.2, 0) is 0 Å². The maximum Gasteiger partial charge on any atom is 0.395 e. The van der Waals surface area contributed by atoms with Crippen molar-refractivity contribution in [1.82, 2.24) is 0 Å². The highest BCUT2D eigenvalue weighted by Crippen LogP contribution is 2.63. The summed E-state index contributed by atoms with van der Waals surface area (Å²) in [7, 11) is 0. The second-order valence-electron chi connectivity index (χ2n) is 9.63. The molecule has 0 aliphatic heterocycles. The van der Waals surface area contributed by atoms with Crippen molar-refractivity contribution in [3.05, 3.63) is 0 Å². The minimum atomic E-state index is -4.48. The van der Waals surface area contributed by atoms with Crippen molar-refractivity contribution in [2.24, 2.45) is 34.0 Å². The molecule has 0 radical (unpaired) electrons. The Morgan fingerprint density at radius 2 is 1.10 bits per heavy atom. The Labute approximate surface area is 174 Å². The molecule has 0 rings (SSSR count). The van der Waals surface area contributed by atoms with Crippen LogP contribution in [0, 0.1) is 34.0 Å². The van der Waals surface area contributed by atoms with Gasteiger partial charge in [-0.3, -0.25) is 0 Å². The number of rotatable bonds is 11. The Hall–Kier alpha value is -0.420. The normalized spacial score (nSPS) is 19.3. The standard InChI is InChI=1S/C23H42F6/c1-10-18(11-2)20(9,22(24,25)26)17(7)14-15-21(16(5)6,23(27,28)29)19(8,12-3)13-4/h16-18H,10-15H2,1-9H3. The van der Waals surface area contributed by atoms with E-state index >= 15 is 0 Å². The zero-order chi connectivity index (χ0) is 23.5. The number of hydrogen-bond acceptors (Lipinski definition) is 0. The largest absolute Gasteiger partial charge is 0.395 e. The van der Waals surface area contributed by atoms with Crippen molar-refractivity contribution in [2.75, 3.05) is 0 Å². The summed E-state index contributed by atoms with van der Waals surface area (Å²) in [5.74, 6) is -2.23. The smallest absolute Gasteiger partial charge is 0.170 e. The van der Waals surface area contributed by atoms with Gasteiger partial charge in [-0.05, 0) is 48.9 Å². The molecular formula is C23H42F6. The third-order valence-corrected chi connectivity index (χ3v) is 8.57. The van der Waals surface area contributed by atoms with Crippen LogP contribution in [-0.4, -0.2) is 12.4 Å². The molecule has 6 heteroatoms. The highest BCUT2D eigenvalue weighted by Gasteiger charge is 2.65. The topological polar surface area (TPSA) is 0 Å². The average Bonchev–Trinajstić information content (AvgIpc) is 2.59. The van der Waals surface area contributed by atoms with Gasteiger partial charge in [0.2, 0.25) is 0 Å². The zero-order valence-corrected chi connectivity index (χ0v) is 19.7. The van der Waals surface area contributed by atoms with Gasteiger partial charge in [0.25, 0.3) is 0 Å². The lowest BCUT2D eigenvalue weighted by atomic mass is 9.53. The fraction of sp³-hybridized carbons (Fsp3) is 1.00. The van der Waals surface area contributed by atoms with E-state index in [1.165, 1.54) is 13.8 Å². The molecule has 0 heterocycles. The Balaban J connectivity index is 6.28. The van der Waals surface area contributed by atoms with Gasteiger partial charge in [-0.25, -0.2) is 0 Å². The van der Waals surface area contributed by atoms with E-state index < -0.39 is 46.4 Å². The molecule has 0 fully saturated rings. The molecule has 0 nitrogen and oxygen atoms in total. The van der Waals surface area contributed by atoms with Crippen molar-refractivity contribution in [1.29, 1.82) is 0 Å². The monoisotopic (exact) mass is 432 g/mol. The van der Waals surface area contributed by atoms with Crippen LogP contribution in [0.15, 0.2) is 0 Å². The molecule has 0 bridgehead atoms. The van der Waals surface area contributed by atoms with Crippen molar-refractivity contribution in [3.63, 3.8) is 0 Å². The molecule has 0 aromatic carbocycles. The maximum absolute atomic E-state index is 14.5. The first-order valence-corrected chi connectivity index (χ1v) is 11.1. The maximum atomic E-state index is 14.5. The lowest BCUT2D eigenvalue weighted by Crippen LogP contribution is -2.55. The first-order chi connectivity index (χ1) is 13.0. The average molecular weight is 433 g/mol. The summed E-state index contributed by atoms with van der Waals surface area (Å²) in [6.07, 6.45) is -7.94. The molecule has 0 saturated heterocycles. The number of halogens is 6. The van der Waals surface area contributed by atoms with Gasteiger partial charge in [-0.1, -0.05) is 75.2 Å². The van der Waals surface area contributed by atoms with E-state index in [0.717, 1.165) is 0 Å². The SMILES string of the molecule is CCC(CC)C(C)(C(C)CCC(C(C)C)(C(F)(F)F)C(C)(CC)CC)C(F)(F)F. The molecule has 0 spiro atoms. The lowest BCUT2D eigenvalue weighted by Gasteiger charge is -2.53. The Morgan fingerprint density at radius 3 is 1.34 bits per heavy atom. The van der Waals surface area contributed by atoms with Gasteiger partial charge in [0.05, 0.1) is 10.8 Å². The summed E-state index contributed by atoms with van der Waals surface area (Å²) in [5.41, 5.74) is -5.04. The summed E-state index contributed by atoms with van der Waals surface area (Å²) >= 11 is 0. The van der Waals surface area contributed by atoms with E-state index in [0.29, 0.717) is 25.7 Å². The van der Waals surface area contributed by atoms with E-state index in [1.807, 2.05) is 0 Å². The highest BCUT2D eigenvalue weighted by molar-refractivity contribution is 5.02. The van der Waals surface area contributed by atoms with Crippen molar-refractivity contribution < 1.29 is 26.3 Å². The Bertz CT molecular complexity index is 485. The van der Waals surface area contributed by atoms with Gasteiger partial charge in [-0.2, -0.15) is 26.3 Å². The molecule has 0 N–H and O–H groups in total. The molecule has 3 atom stereocenters. The van der Waals surface area contributed by atoms with Crippen LogP contribution in [0.4, 0.5) is 26.3 Å². The van der Waals surface area contributed by atoms with Gasteiger partial charge >= 0.3 is 12.4 Å². The van der Waals surface area contributed by atoms with E-state index in [-0.39, 0.29) is 12.8 Å². The first kappa shape index (κ1) is 28.6. The summed E-state index contributed by atoms with van der Waals surface area (Å²) in [4.78, 5) is 0. The molecular weight excluding hydrogens is 390 g/mol. The highest BCUT2D eigenvalue weighted by atomic mass is 19.4. The first-order valence-electron chi connectivity index (χ1n) is 11.1. The Morgan fingerprint density at radius 1 is 0.690 bits per heavy atom. The van der Waals surface area contributed by atoms with Crippen LogP contribution in [0.25, 0.3) is 0 Å². The predicted molar refractivity (Wildman–Crippen MR) is 109 cm³/mol. The summed E-state index contributed by atoms with van der Waals surface area (Å²) < 4.78 is 86.0. The third kappa shape index (κ3) is 4.92. The van der Waals surface area contributed by atoms with Gasteiger partial charge < -0.3 is 0 Å². The number of alkyl halides is 6. The molecule has 176 valence electrons. The van der Waals surface area contributed by atoms with Crippen LogP contribution in [0.5, 0.6) is 0 Å². The van der Waals surface area contributed by atoms with Gasteiger partial charge in [0.1, 0.15) is 0 Å². The second-order valence-corrected chi connectivity index (χ2v) is 9.63. The molecule has 0 aromatic rings. The minimum Gasteiger partial charge on any atom is -0.170 e. The third-order valence-electron chi connectivity index (χ3n) is 8.57. The van der Waals surface area contributed by atoms with Crippen LogP contribution in [0.3, 0.4) is 0 Å². The quantitative estimate of drug-likeness (QED) is 0.285. The molecule has 0 aromatic heterocycles. The molecule has 3 unspecified atom stereocenters. The lowest BCUT2D eigenvalue weighted by molar-refractivity contribution is -0.291. The molecule has 29 heavy (non-hydrogen) atoms. The number of hydrogen-bond donors (Lipinski definition) is 0. The van der Waals surface area contributed by atoms with Crippen LogP contribution in [0.1, 0.15) is 101 Å². The molecule has 0 amide bonds. The second kappa shape index (κ2) is 9.80. The Kier molecular flexibility index (Phi) is 9.66. The molecule has 0 saturated carbocycles. The van der Waals surface area contributed by atoms with Crippen molar-refractivity contribution >= 4 is 0 Å². The van der Waals surface area contributed by atoms with Crippen molar-refractivity contribution in [2.45, 2.75) is 113 Å². The van der Waals surface area contributed by atoms with E-state index in [9.17, 15) is 26.3 Å².